The summed E-state index contributed by atoms with van der Waals surface area (Å²) in [4.78, 5) is 11.5. The van der Waals surface area contributed by atoms with Crippen LogP contribution in [0.2, 0.25) is 0 Å². The lowest BCUT2D eigenvalue weighted by molar-refractivity contribution is -0.113. The zero-order chi connectivity index (χ0) is 20.4. The second-order valence-corrected chi connectivity index (χ2v) is 7.07. The largest absolute Gasteiger partial charge is 0.494 e. The Hall–Kier alpha value is -3.40. The predicted molar refractivity (Wildman–Crippen MR) is 111 cm³/mol. The number of para-hydroxylation sites is 1. The average Bonchev–Trinajstić information content (AvgIpc) is 3.01. The summed E-state index contributed by atoms with van der Waals surface area (Å²) < 4.78 is 7.00. The van der Waals surface area contributed by atoms with Crippen LogP contribution in [0.5, 0.6) is 5.75 Å². The van der Waals surface area contributed by atoms with Gasteiger partial charge in [0.15, 0.2) is 11.5 Å². The number of hydrogen-bond donors (Lipinski definition) is 4. The normalized spacial score (nSPS) is 16.8. The molecule has 1 saturated heterocycles. The highest BCUT2D eigenvalue weighted by atomic mass is 16.5. The van der Waals surface area contributed by atoms with E-state index in [1.807, 2.05) is 18.2 Å². The second-order valence-electron chi connectivity index (χ2n) is 7.07. The van der Waals surface area contributed by atoms with Gasteiger partial charge in [-0.2, -0.15) is 4.52 Å². The molecule has 0 bridgehead atoms. The van der Waals surface area contributed by atoms with E-state index in [0.717, 1.165) is 49.5 Å². The number of amidine groups is 1. The summed E-state index contributed by atoms with van der Waals surface area (Å²) in [6.45, 7) is 3.45. The molecule has 1 aromatic carbocycles. The Morgan fingerprint density at radius 1 is 1.38 bits per heavy atom. The number of nitrogens with zero attached hydrogens (tertiary/aromatic N) is 5. The molecule has 0 spiro atoms. The lowest BCUT2D eigenvalue weighted by Crippen LogP contribution is -2.45. The van der Waals surface area contributed by atoms with E-state index in [9.17, 15) is 0 Å². The minimum atomic E-state index is 0.286. The van der Waals surface area contributed by atoms with E-state index in [2.05, 4.69) is 20.3 Å². The van der Waals surface area contributed by atoms with Crippen LogP contribution in [0.3, 0.4) is 0 Å². The number of fused-ring (bicyclic) bond motifs is 3. The Morgan fingerprint density at radius 3 is 3.03 bits per heavy atom. The third-order valence-electron chi connectivity index (χ3n) is 4.94. The maximum atomic E-state index is 6.13. The fourth-order valence-corrected chi connectivity index (χ4v) is 3.61. The maximum absolute atomic E-state index is 6.13. The molecule has 2 aromatic heterocycles. The lowest BCUT2D eigenvalue weighted by atomic mass is 10.2. The van der Waals surface area contributed by atoms with E-state index in [4.69, 9.17) is 26.6 Å². The second kappa shape index (κ2) is 7.92. The van der Waals surface area contributed by atoms with Crippen molar-refractivity contribution in [3.8, 4) is 5.75 Å². The van der Waals surface area contributed by atoms with Crippen LogP contribution in [0.15, 0.2) is 30.0 Å². The molecule has 0 aliphatic carbocycles. The Morgan fingerprint density at radius 2 is 2.24 bits per heavy atom. The molecule has 0 saturated carbocycles. The smallest absolute Gasteiger partial charge is 0.265 e. The minimum Gasteiger partial charge on any atom is -0.494 e. The quantitative estimate of drug-likeness (QED) is 0.308. The fourth-order valence-electron chi connectivity index (χ4n) is 3.61. The van der Waals surface area contributed by atoms with Crippen molar-refractivity contribution in [2.24, 2.45) is 5.73 Å². The molecule has 152 valence electrons. The van der Waals surface area contributed by atoms with Crippen LogP contribution in [0.4, 0.5) is 5.95 Å². The zero-order valence-corrected chi connectivity index (χ0v) is 16.4. The van der Waals surface area contributed by atoms with Gasteiger partial charge in [-0.25, -0.2) is 9.97 Å². The molecule has 29 heavy (non-hydrogen) atoms. The van der Waals surface area contributed by atoms with Gasteiger partial charge >= 0.3 is 0 Å². The van der Waals surface area contributed by atoms with Crippen LogP contribution in [-0.2, 0) is 6.42 Å². The Kier molecular flexibility index (Phi) is 5.17. The van der Waals surface area contributed by atoms with E-state index >= 15 is 0 Å². The third kappa shape index (κ3) is 3.92. The molecule has 0 amide bonds. The van der Waals surface area contributed by atoms with Crippen molar-refractivity contribution < 1.29 is 10.1 Å². The van der Waals surface area contributed by atoms with Gasteiger partial charge in [-0.05, 0) is 18.6 Å². The number of anilines is 1. The van der Waals surface area contributed by atoms with Crippen molar-refractivity contribution in [2.75, 3.05) is 39.0 Å². The monoisotopic (exact) mass is 396 g/mol. The first-order valence-electron chi connectivity index (χ1n) is 9.57. The van der Waals surface area contributed by atoms with Crippen molar-refractivity contribution in [2.45, 2.75) is 12.8 Å². The number of benzene rings is 1. The van der Waals surface area contributed by atoms with E-state index in [1.165, 1.54) is 0 Å². The van der Waals surface area contributed by atoms with E-state index in [0.29, 0.717) is 29.2 Å². The number of nitrogens with one attached hydrogen (secondary N) is 1. The molecule has 0 unspecified atom stereocenters. The minimum absolute atomic E-state index is 0.286. The van der Waals surface area contributed by atoms with Crippen LogP contribution in [-0.4, -0.2) is 63.6 Å². The predicted octanol–water partition coefficient (Wildman–Crippen LogP) is -1.29. The number of nitrogen functional groups attached to an aromatic ring is 1. The highest BCUT2D eigenvalue weighted by Gasteiger charge is 2.17. The first kappa shape index (κ1) is 18.9. The number of methoxy groups -OCH3 is 1. The zero-order valence-electron chi connectivity index (χ0n) is 16.4. The molecule has 7 N–H and O–H groups in total. The molecule has 10 nitrogen and oxygen atoms in total. The highest BCUT2D eigenvalue weighted by Crippen LogP contribution is 2.27. The number of rotatable bonds is 5. The van der Waals surface area contributed by atoms with Gasteiger partial charge in [0.05, 0.1) is 7.11 Å². The molecule has 4 rings (SSSR count). The van der Waals surface area contributed by atoms with Crippen LogP contribution in [0.25, 0.3) is 16.6 Å². The van der Waals surface area contributed by atoms with Crippen molar-refractivity contribution in [1.82, 2.24) is 29.8 Å². The van der Waals surface area contributed by atoms with Gasteiger partial charge in [0.2, 0.25) is 5.95 Å². The molecule has 0 atom stereocenters. The average molecular weight is 396 g/mol. The molecule has 3 heterocycles. The van der Waals surface area contributed by atoms with E-state index < -0.39 is 0 Å². The Balaban J connectivity index is 1.58. The van der Waals surface area contributed by atoms with Gasteiger partial charge in [-0.1, -0.05) is 6.07 Å². The summed E-state index contributed by atoms with van der Waals surface area (Å²) in [5, 5.41) is 14.4. The van der Waals surface area contributed by atoms with Gasteiger partial charge in [0, 0.05) is 49.8 Å². The summed E-state index contributed by atoms with van der Waals surface area (Å²) in [7, 11) is 1.61. The molecule has 1 fully saturated rings. The molecule has 10 heteroatoms. The number of ether oxygens (including phenoxy) is 1. The fraction of sp³-hybridized carbons (Fsp3) is 0.368. The summed E-state index contributed by atoms with van der Waals surface area (Å²) in [6.07, 6.45) is 3.52. The van der Waals surface area contributed by atoms with E-state index in [-0.39, 0.29) is 5.95 Å². The summed E-state index contributed by atoms with van der Waals surface area (Å²) >= 11 is 0. The van der Waals surface area contributed by atoms with E-state index in [1.54, 1.807) is 17.7 Å². The van der Waals surface area contributed by atoms with Gasteiger partial charge in [-0.3, -0.25) is 16.0 Å². The van der Waals surface area contributed by atoms with Gasteiger partial charge < -0.3 is 15.8 Å². The number of hydrogen-bond acceptors (Lipinski definition) is 7. The Bertz CT molecular complexity index is 1090. The van der Waals surface area contributed by atoms with Crippen LogP contribution in [0, 0.1) is 0 Å². The first-order valence-corrected chi connectivity index (χ1v) is 9.57. The lowest BCUT2D eigenvalue weighted by Gasteiger charge is -2.19. The number of aromatic nitrogens is 4. The maximum Gasteiger partial charge on any atom is 0.265 e. The number of nitrogens with two attached hydrogens (primary N) is 3. The highest BCUT2D eigenvalue weighted by molar-refractivity contribution is 5.95. The molecular formula is C19H26N9O+. The van der Waals surface area contributed by atoms with Crippen LogP contribution >= 0.6 is 0 Å². The standard InChI is InChI=1S/C19H25N9O/c1-29-14-5-2-4-13-17(14)25-19(22)28-18(13)24-16(26-28)6-9-27-8-3-7-23-12(11-27)10-15(20)21/h2,4-5,10,23H,3,6-9,11H2,1H3,(H3,20,21)(H2,22,25)/p+1/b12-10-. The van der Waals surface area contributed by atoms with Crippen molar-refractivity contribution in [1.29, 1.82) is 0 Å². The Labute approximate surface area is 168 Å². The van der Waals surface area contributed by atoms with Crippen LogP contribution < -0.4 is 26.9 Å². The first-order chi connectivity index (χ1) is 14.0. The van der Waals surface area contributed by atoms with Gasteiger partial charge in [0.1, 0.15) is 11.3 Å². The topological polar surface area (TPSA) is 145 Å². The summed E-state index contributed by atoms with van der Waals surface area (Å²) in [5.41, 5.74) is 14.1. The molecular weight excluding hydrogens is 370 g/mol. The molecule has 0 radical (unpaired) electrons. The summed E-state index contributed by atoms with van der Waals surface area (Å²) in [6, 6.07) is 5.71. The molecule has 3 aromatic rings. The van der Waals surface area contributed by atoms with Crippen molar-refractivity contribution in [3.05, 3.63) is 35.8 Å². The van der Waals surface area contributed by atoms with Crippen molar-refractivity contribution >= 4 is 28.3 Å². The van der Waals surface area contributed by atoms with Gasteiger partial charge in [-0.15, -0.1) is 5.10 Å². The SMILES string of the molecule is COc1cccc2c1nc(N)n1nc(CCN3CCCN/C(=C\C(N)=[NH2+])C3)nc21. The summed E-state index contributed by atoms with van der Waals surface area (Å²) in [5.74, 6) is 1.98. The van der Waals surface area contributed by atoms with Crippen molar-refractivity contribution in [3.63, 3.8) is 0 Å². The molecule has 1 aliphatic heterocycles. The molecule has 1 aliphatic rings. The van der Waals surface area contributed by atoms with Crippen LogP contribution in [0.1, 0.15) is 12.2 Å². The van der Waals surface area contributed by atoms with Gasteiger partial charge in [0.25, 0.3) is 5.84 Å². The third-order valence-corrected chi connectivity index (χ3v) is 4.94.